The molecule has 0 aromatic carbocycles. The summed E-state index contributed by atoms with van der Waals surface area (Å²) in [7, 11) is 0. The minimum atomic E-state index is 0.153. The van der Waals surface area contributed by atoms with Crippen LogP contribution in [-0.4, -0.2) is 26.7 Å². The van der Waals surface area contributed by atoms with Gasteiger partial charge >= 0.3 is 0 Å². The first-order valence-electron chi connectivity index (χ1n) is 5.81. The molecule has 4 heteroatoms. The molecule has 1 saturated carbocycles. The van der Waals surface area contributed by atoms with E-state index in [1.807, 2.05) is 10.9 Å². The predicted octanol–water partition coefficient (Wildman–Crippen LogP) is 1.56. The van der Waals surface area contributed by atoms with Crippen LogP contribution in [0.2, 0.25) is 0 Å². The fourth-order valence-corrected chi connectivity index (χ4v) is 2.36. The summed E-state index contributed by atoms with van der Waals surface area (Å²) < 4.78 is 1.99. The number of rotatable bonds is 3. The molecule has 1 fully saturated rings. The highest BCUT2D eigenvalue weighted by molar-refractivity contribution is 4.94. The van der Waals surface area contributed by atoms with Crippen LogP contribution in [0, 0.1) is 5.92 Å². The average Bonchev–Trinajstić information content (AvgIpc) is 2.67. The Bertz CT molecular complexity index is 311. The zero-order chi connectivity index (χ0) is 10.7. The second kappa shape index (κ2) is 4.75. The van der Waals surface area contributed by atoms with Gasteiger partial charge in [-0.15, -0.1) is 5.10 Å². The lowest BCUT2D eigenvalue weighted by molar-refractivity contribution is 0.263. The molecule has 0 spiro atoms. The van der Waals surface area contributed by atoms with Gasteiger partial charge in [0.1, 0.15) is 0 Å². The van der Waals surface area contributed by atoms with Crippen molar-refractivity contribution in [3.05, 3.63) is 11.9 Å². The van der Waals surface area contributed by atoms with E-state index in [0.717, 1.165) is 11.6 Å². The van der Waals surface area contributed by atoms with Crippen LogP contribution in [0.15, 0.2) is 6.20 Å². The van der Waals surface area contributed by atoms with E-state index in [1.54, 1.807) is 0 Å². The van der Waals surface area contributed by atoms with Crippen molar-refractivity contribution in [3.8, 4) is 0 Å². The number of aliphatic hydroxyl groups excluding tert-OH is 1. The molecule has 1 aliphatic rings. The quantitative estimate of drug-likeness (QED) is 0.822. The third-order valence-electron chi connectivity index (χ3n) is 3.21. The first-order valence-corrected chi connectivity index (χ1v) is 5.81. The van der Waals surface area contributed by atoms with Crippen molar-refractivity contribution in [2.45, 2.75) is 45.1 Å². The molecule has 1 N–H and O–H groups in total. The van der Waals surface area contributed by atoms with E-state index in [4.69, 9.17) is 5.11 Å². The van der Waals surface area contributed by atoms with Gasteiger partial charge in [0, 0.05) is 19.2 Å². The van der Waals surface area contributed by atoms with E-state index in [-0.39, 0.29) is 6.61 Å². The van der Waals surface area contributed by atoms with E-state index in [1.165, 1.54) is 25.7 Å². The lowest BCUT2D eigenvalue weighted by Crippen LogP contribution is -2.18. The van der Waals surface area contributed by atoms with Gasteiger partial charge in [0.05, 0.1) is 11.7 Å². The van der Waals surface area contributed by atoms with Crippen LogP contribution in [0.4, 0.5) is 0 Å². The molecule has 1 aliphatic carbocycles. The van der Waals surface area contributed by atoms with Gasteiger partial charge in [0.2, 0.25) is 0 Å². The maximum absolute atomic E-state index is 8.80. The lowest BCUT2D eigenvalue weighted by atomic mass is 9.87. The molecule has 0 radical (unpaired) electrons. The summed E-state index contributed by atoms with van der Waals surface area (Å²) in [6.07, 6.45) is 7.66. The van der Waals surface area contributed by atoms with Gasteiger partial charge in [-0.05, 0) is 18.8 Å². The van der Waals surface area contributed by atoms with Crippen molar-refractivity contribution in [2.75, 3.05) is 6.61 Å². The number of aromatic nitrogens is 3. The van der Waals surface area contributed by atoms with Gasteiger partial charge in [0.15, 0.2) is 0 Å². The summed E-state index contributed by atoms with van der Waals surface area (Å²) in [5.41, 5.74) is 0.899. The smallest absolute Gasteiger partial charge is 0.0850 e. The van der Waals surface area contributed by atoms with Crippen molar-refractivity contribution in [2.24, 2.45) is 5.92 Å². The van der Waals surface area contributed by atoms with Gasteiger partial charge in [-0.1, -0.05) is 25.0 Å². The summed E-state index contributed by atoms with van der Waals surface area (Å²) >= 11 is 0. The standard InChI is InChI=1S/C11H19N3O/c1-9-3-2-4-11(7-9)14-8-10(5-6-15)12-13-14/h8-9,11,15H,2-7H2,1H3. The largest absolute Gasteiger partial charge is 0.396 e. The van der Waals surface area contributed by atoms with Crippen molar-refractivity contribution >= 4 is 0 Å². The molecule has 1 heterocycles. The number of nitrogens with zero attached hydrogens (tertiary/aromatic N) is 3. The van der Waals surface area contributed by atoms with Crippen molar-refractivity contribution < 1.29 is 5.11 Å². The second-order valence-electron chi connectivity index (χ2n) is 4.59. The van der Waals surface area contributed by atoms with Crippen LogP contribution < -0.4 is 0 Å². The Morgan fingerprint density at radius 3 is 3.13 bits per heavy atom. The summed E-state index contributed by atoms with van der Waals surface area (Å²) in [6.45, 7) is 2.46. The third-order valence-corrected chi connectivity index (χ3v) is 3.21. The molecule has 0 bridgehead atoms. The first-order chi connectivity index (χ1) is 7.29. The summed E-state index contributed by atoms with van der Waals surface area (Å²) in [4.78, 5) is 0. The van der Waals surface area contributed by atoms with Gasteiger partial charge < -0.3 is 5.11 Å². The molecular formula is C11H19N3O. The molecular weight excluding hydrogens is 190 g/mol. The molecule has 1 aromatic heterocycles. The zero-order valence-corrected chi connectivity index (χ0v) is 9.26. The SMILES string of the molecule is CC1CCCC(n2cc(CCO)nn2)C1. The lowest BCUT2D eigenvalue weighted by Gasteiger charge is -2.26. The second-order valence-corrected chi connectivity index (χ2v) is 4.59. The fraction of sp³-hybridized carbons (Fsp3) is 0.818. The van der Waals surface area contributed by atoms with E-state index in [9.17, 15) is 0 Å². The van der Waals surface area contributed by atoms with Crippen molar-refractivity contribution in [3.63, 3.8) is 0 Å². The normalized spacial score (nSPS) is 26.8. The third kappa shape index (κ3) is 2.56. The Hall–Kier alpha value is -0.900. The molecule has 84 valence electrons. The molecule has 2 unspecified atom stereocenters. The van der Waals surface area contributed by atoms with Gasteiger partial charge in [-0.3, -0.25) is 0 Å². The first kappa shape index (κ1) is 10.6. The Morgan fingerprint density at radius 1 is 1.53 bits per heavy atom. The average molecular weight is 209 g/mol. The van der Waals surface area contributed by atoms with Gasteiger partial charge in [-0.2, -0.15) is 0 Å². The maximum Gasteiger partial charge on any atom is 0.0850 e. The van der Waals surface area contributed by atoms with Crippen molar-refractivity contribution in [1.82, 2.24) is 15.0 Å². The Balaban J connectivity index is 2.01. The minimum Gasteiger partial charge on any atom is -0.396 e. The van der Waals surface area contributed by atoms with Crippen LogP contribution in [-0.2, 0) is 6.42 Å². The van der Waals surface area contributed by atoms with Crippen LogP contribution in [0.25, 0.3) is 0 Å². The van der Waals surface area contributed by atoms with Crippen LogP contribution in [0.5, 0.6) is 0 Å². The maximum atomic E-state index is 8.80. The predicted molar refractivity (Wildman–Crippen MR) is 57.5 cm³/mol. The van der Waals surface area contributed by atoms with E-state index in [0.29, 0.717) is 12.5 Å². The topological polar surface area (TPSA) is 50.9 Å². The summed E-state index contributed by atoms with van der Waals surface area (Å²) in [5, 5.41) is 17.0. The molecule has 4 nitrogen and oxygen atoms in total. The molecule has 1 aromatic rings. The molecule has 0 amide bonds. The monoisotopic (exact) mass is 209 g/mol. The number of hydrogen-bond acceptors (Lipinski definition) is 3. The van der Waals surface area contributed by atoms with E-state index >= 15 is 0 Å². The summed E-state index contributed by atoms with van der Waals surface area (Å²) in [6, 6.07) is 0.522. The Kier molecular flexibility index (Phi) is 3.36. The van der Waals surface area contributed by atoms with Crippen molar-refractivity contribution in [1.29, 1.82) is 0 Å². The number of aliphatic hydroxyl groups is 1. The number of hydrogen-bond donors (Lipinski definition) is 1. The van der Waals surface area contributed by atoms with Gasteiger partial charge in [-0.25, -0.2) is 4.68 Å². The highest BCUT2D eigenvalue weighted by Crippen LogP contribution is 2.31. The van der Waals surface area contributed by atoms with Crippen LogP contribution >= 0.6 is 0 Å². The zero-order valence-electron chi connectivity index (χ0n) is 9.26. The Labute approximate surface area is 90.3 Å². The highest BCUT2D eigenvalue weighted by atomic mass is 16.3. The molecule has 15 heavy (non-hydrogen) atoms. The summed E-state index contributed by atoms with van der Waals surface area (Å²) in [5.74, 6) is 0.800. The molecule has 2 rings (SSSR count). The molecule has 0 saturated heterocycles. The Morgan fingerprint density at radius 2 is 2.40 bits per heavy atom. The minimum absolute atomic E-state index is 0.153. The molecule has 2 atom stereocenters. The van der Waals surface area contributed by atoms with Gasteiger partial charge in [0.25, 0.3) is 0 Å². The van der Waals surface area contributed by atoms with E-state index < -0.39 is 0 Å². The highest BCUT2D eigenvalue weighted by Gasteiger charge is 2.21. The molecule has 0 aliphatic heterocycles. The fourth-order valence-electron chi connectivity index (χ4n) is 2.36. The van der Waals surface area contributed by atoms with E-state index in [2.05, 4.69) is 17.2 Å². The van der Waals surface area contributed by atoms with Crippen LogP contribution in [0.3, 0.4) is 0 Å². The van der Waals surface area contributed by atoms with Crippen LogP contribution in [0.1, 0.15) is 44.3 Å².